The van der Waals surface area contributed by atoms with E-state index in [1.165, 1.54) is 0 Å². The summed E-state index contributed by atoms with van der Waals surface area (Å²) in [6.07, 6.45) is 1.30. The second-order valence-electron chi connectivity index (χ2n) is 6.50. The fraction of sp³-hybridized carbons (Fsp3) is 0.579. The van der Waals surface area contributed by atoms with Gasteiger partial charge < -0.3 is 20.3 Å². The van der Waals surface area contributed by atoms with Crippen LogP contribution in [-0.4, -0.2) is 70.0 Å². The van der Waals surface area contributed by atoms with E-state index in [0.717, 1.165) is 12.8 Å². The first-order valence-corrected chi connectivity index (χ1v) is 11.4. The van der Waals surface area contributed by atoms with Crippen molar-refractivity contribution in [1.82, 2.24) is 15.5 Å². The topological polar surface area (TPSA) is 100 Å². The number of likely N-dealkylation sites (tertiary alicyclic amines) is 1. The molecular formula is C19H31IN4O4S. The number of rotatable bonds is 7. The maximum Gasteiger partial charge on any atom is 0.409 e. The summed E-state index contributed by atoms with van der Waals surface area (Å²) < 4.78 is 29.7. The Morgan fingerprint density at radius 3 is 2.45 bits per heavy atom. The predicted octanol–water partition coefficient (Wildman–Crippen LogP) is 2.25. The summed E-state index contributed by atoms with van der Waals surface area (Å²) in [5.41, 5.74) is 0. The van der Waals surface area contributed by atoms with Gasteiger partial charge in [-0.25, -0.2) is 13.2 Å². The van der Waals surface area contributed by atoms with Crippen LogP contribution in [0.25, 0.3) is 0 Å². The van der Waals surface area contributed by atoms with Gasteiger partial charge >= 0.3 is 6.09 Å². The monoisotopic (exact) mass is 538 g/mol. The van der Waals surface area contributed by atoms with Gasteiger partial charge in [-0.2, -0.15) is 0 Å². The number of carbonyl (C=O) groups is 1. The summed E-state index contributed by atoms with van der Waals surface area (Å²) >= 11 is 0. The largest absolute Gasteiger partial charge is 0.450 e. The molecule has 0 atom stereocenters. The predicted molar refractivity (Wildman–Crippen MR) is 125 cm³/mol. The van der Waals surface area contributed by atoms with Crippen LogP contribution in [-0.2, 0) is 14.6 Å². The first kappa shape index (κ1) is 25.5. The Kier molecular flexibility index (Phi) is 11.3. The number of nitrogens with one attached hydrogen (secondary N) is 2. The Bertz CT molecular complexity index is 751. The molecule has 0 radical (unpaired) electrons. The molecule has 29 heavy (non-hydrogen) atoms. The van der Waals surface area contributed by atoms with Crippen molar-refractivity contribution in [2.45, 2.75) is 37.6 Å². The molecule has 164 valence electrons. The van der Waals surface area contributed by atoms with Gasteiger partial charge in [-0.1, -0.05) is 18.2 Å². The van der Waals surface area contributed by atoms with Crippen LogP contribution in [0.4, 0.5) is 4.79 Å². The Labute approximate surface area is 190 Å². The van der Waals surface area contributed by atoms with E-state index < -0.39 is 9.84 Å². The minimum Gasteiger partial charge on any atom is -0.450 e. The van der Waals surface area contributed by atoms with E-state index in [-0.39, 0.29) is 48.4 Å². The van der Waals surface area contributed by atoms with Gasteiger partial charge in [0.2, 0.25) is 0 Å². The fourth-order valence-electron chi connectivity index (χ4n) is 2.96. The molecule has 1 saturated heterocycles. The lowest BCUT2D eigenvalue weighted by Crippen LogP contribution is -2.50. The van der Waals surface area contributed by atoms with Gasteiger partial charge in [-0.05, 0) is 38.8 Å². The quantitative estimate of drug-likeness (QED) is 0.314. The van der Waals surface area contributed by atoms with Crippen molar-refractivity contribution in [1.29, 1.82) is 0 Å². The zero-order valence-corrected chi connectivity index (χ0v) is 20.1. The summed E-state index contributed by atoms with van der Waals surface area (Å²) in [5.74, 6) is 0.551. The fourth-order valence-corrected chi connectivity index (χ4v) is 4.10. The second-order valence-corrected chi connectivity index (χ2v) is 8.61. The third-order valence-electron chi connectivity index (χ3n) is 4.44. The lowest BCUT2D eigenvalue weighted by atomic mass is 10.1. The molecule has 2 N–H and O–H groups in total. The van der Waals surface area contributed by atoms with Gasteiger partial charge in [0.05, 0.1) is 23.8 Å². The minimum absolute atomic E-state index is 0. The molecule has 0 aliphatic carbocycles. The third-order valence-corrected chi connectivity index (χ3v) is 6.15. The van der Waals surface area contributed by atoms with E-state index in [1.807, 2.05) is 6.92 Å². The molecule has 0 aromatic heterocycles. The molecule has 1 aliphatic rings. The van der Waals surface area contributed by atoms with E-state index in [9.17, 15) is 13.2 Å². The molecule has 10 heteroatoms. The van der Waals surface area contributed by atoms with Crippen LogP contribution in [0.3, 0.4) is 0 Å². The molecule has 1 fully saturated rings. The number of ether oxygens (including phenoxy) is 1. The molecule has 1 aliphatic heterocycles. The van der Waals surface area contributed by atoms with Crippen LogP contribution < -0.4 is 10.6 Å². The van der Waals surface area contributed by atoms with Gasteiger partial charge in [0.15, 0.2) is 15.8 Å². The van der Waals surface area contributed by atoms with Crippen molar-refractivity contribution in [2.24, 2.45) is 4.99 Å². The zero-order chi connectivity index (χ0) is 20.4. The van der Waals surface area contributed by atoms with Crippen LogP contribution in [0.1, 0.15) is 26.7 Å². The standard InChI is InChI=1S/C19H30N4O4S.HI/c1-3-20-18(21-12-15-28(25,26)17-8-6-5-7-9-17)22-16-10-13-23(14-11-16)19(24)27-4-2;/h5-9,16H,3-4,10-15H2,1-2H3,(H2,20,21,22);1H. The van der Waals surface area contributed by atoms with Crippen molar-refractivity contribution in [3.8, 4) is 0 Å². The molecule has 0 bridgehead atoms. The molecule has 0 unspecified atom stereocenters. The van der Waals surface area contributed by atoms with E-state index in [1.54, 1.807) is 42.2 Å². The highest BCUT2D eigenvalue weighted by Gasteiger charge is 2.24. The number of carbonyl (C=O) groups excluding carboxylic acids is 1. The summed E-state index contributed by atoms with van der Waals surface area (Å²) in [4.78, 5) is 18.2. The number of hydrogen-bond acceptors (Lipinski definition) is 5. The van der Waals surface area contributed by atoms with Gasteiger partial charge in [0.25, 0.3) is 0 Å². The third kappa shape index (κ3) is 8.37. The number of hydrogen-bond donors (Lipinski definition) is 2. The highest BCUT2D eigenvalue weighted by molar-refractivity contribution is 14.0. The Morgan fingerprint density at radius 1 is 1.21 bits per heavy atom. The van der Waals surface area contributed by atoms with Crippen LogP contribution in [0.15, 0.2) is 40.2 Å². The average Bonchev–Trinajstić information content (AvgIpc) is 2.69. The molecule has 0 spiro atoms. The number of amides is 1. The lowest BCUT2D eigenvalue weighted by molar-refractivity contribution is 0.0963. The first-order valence-electron chi connectivity index (χ1n) is 9.70. The molecule has 1 amide bonds. The van der Waals surface area contributed by atoms with E-state index in [0.29, 0.717) is 37.1 Å². The maximum atomic E-state index is 12.4. The summed E-state index contributed by atoms with van der Waals surface area (Å²) in [6, 6.07) is 8.58. The summed E-state index contributed by atoms with van der Waals surface area (Å²) in [7, 11) is -3.35. The molecule has 0 saturated carbocycles. The number of guanidine groups is 1. The molecular weight excluding hydrogens is 507 g/mol. The van der Waals surface area contributed by atoms with Crippen molar-refractivity contribution in [2.75, 3.05) is 38.5 Å². The smallest absolute Gasteiger partial charge is 0.409 e. The zero-order valence-electron chi connectivity index (χ0n) is 17.0. The Hall–Kier alpha value is -1.56. The van der Waals surface area contributed by atoms with Crippen LogP contribution in [0.5, 0.6) is 0 Å². The van der Waals surface area contributed by atoms with Gasteiger partial charge in [0, 0.05) is 25.7 Å². The van der Waals surface area contributed by atoms with Crippen molar-refractivity contribution in [3.63, 3.8) is 0 Å². The van der Waals surface area contributed by atoms with E-state index in [4.69, 9.17) is 4.74 Å². The highest BCUT2D eigenvalue weighted by atomic mass is 127. The SMILES string of the molecule is CCNC(=NCCS(=O)(=O)c1ccccc1)NC1CCN(C(=O)OCC)CC1.I. The van der Waals surface area contributed by atoms with E-state index >= 15 is 0 Å². The minimum atomic E-state index is -3.35. The maximum absolute atomic E-state index is 12.4. The van der Waals surface area contributed by atoms with Crippen LogP contribution >= 0.6 is 24.0 Å². The number of nitrogens with zero attached hydrogens (tertiary/aromatic N) is 2. The van der Waals surface area contributed by atoms with Gasteiger partial charge in [-0.3, -0.25) is 4.99 Å². The average molecular weight is 538 g/mol. The number of sulfone groups is 1. The molecule has 1 heterocycles. The van der Waals surface area contributed by atoms with Crippen molar-refractivity contribution < 1.29 is 17.9 Å². The van der Waals surface area contributed by atoms with E-state index in [2.05, 4.69) is 15.6 Å². The number of piperidine rings is 1. The highest BCUT2D eigenvalue weighted by Crippen LogP contribution is 2.12. The number of halogens is 1. The molecule has 8 nitrogen and oxygen atoms in total. The summed E-state index contributed by atoms with van der Waals surface area (Å²) in [6.45, 7) is 6.23. The number of aliphatic imine (C=N–C) groups is 1. The number of benzene rings is 1. The van der Waals surface area contributed by atoms with Crippen molar-refractivity contribution >= 4 is 45.9 Å². The van der Waals surface area contributed by atoms with Crippen LogP contribution in [0.2, 0.25) is 0 Å². The second kappa shape index (κ2) is 12.9. The Balaban J connectivity index is 0.00000420. The molecule has 1 aromatic rings. The first-order chi connectivity index (χ1) is 13.5. The molecule has 2 rings (SSSR count). The van der Waals surface area contributed by atoms with Gasteiger partial charge in [0.1, 0.15) is 0 Å². The van der Waals surface area contributed by atoms with Gasteiger partial charge in [-0.15, -0.1) is 24.0 Å². The molecule has 1 aromatic carbocycles. The Morgan fingerprint density at radius 2 is 1.86 bits per heavy atom. The van der Waals surface area contributed by atoms with Crippen molar-refractivity contribution in [3.05, 3.63) is 30.3 Å². The summed E-state index contributed by atoms with van der Waals surface area (Å²) in [5, 5.41) is 6.49. The lowest BCUT2D eigenvalue weighted by Gasteiger charge is -2.32. The normalized spacial score (nSPS) is 15.4. The van der Waals surface area contributed by atoms with Crippen LogP contribution in [0, 0.1) is 0 Å².